The van der Waals surface area contributed by atoms with Gasteiger partial charge in [-0.1, -0.05) is 12.2 Å². The number of allylic oxidation sites excluding steroid dienone is 2. The van der Waals surface area contributed by atoms with Crippen LogP contribution in [0.1, 0.15) is 5.56 Å². The highest BCUT2D eigenvalue weighted by Crippen LogP contribution is 2.33. The van der Waals surface area contributed by atoms with E-state index in [4.69, 9.17) is 4.42 Å². The first-order chi connectivity index (χ1) is 14.4. The van der Waals surface area contributed by atoms with Crippen LogP contribution >= 0.6 is 0 Å². The SMILES string of the molecule is C1=CC(c2cnc3n[nH]c(-c4cc5c(-c6ccoc6)nccc5[nH]4)c3c2)=CNC1. The summed E-state index contributed by atoms with van der Waals surface area (Å²) in [6, 6.07) is 8.08. The highest BCUT2D eigenvalue weighted by atomic mass is 16.3. The highest BCUT2D eigenvalue weighted by molar-refractivity contribution is 5.99. The summed E-state index contributed by atoms with van der Waals surface area (Å²) < 4.78 is 5.23. The van der Waals surface area contributed by atoms with Crippen LogP contribution in [-0.4, -0.2) is 31.7 Å². The largest absolute Gasteiger partial charge is 0.472 e. The Hall–Kier alpha value is -4.13. The molecule has 0 aliphatic carbocycles. The van der Waals surface area contributed by atoms with Crippen LogP contribution in [0.2, 0.25) is 0 Å². The molecular formula is C22H16N6O. The molecule has 0 fully saturated rings. The van der Waals surface area contributed by atoms with E-state index in [0.717, 1.165) is 56.6 Å². The molecule has 0 atom stereocenters. The number of nitrogens with zero attached hydrogens (tertiary/aromatic N) is 3. The second-order valence-electron chi connectivity index (χ2n) is 6.92. The van der Waals surface area contributed by atoms with Gasteiger partial charge in [0.25, 0.3) is 0 Å². The topological polar surface area (TPSA) is 95.4 Å². The Labute approximate surface area is 165 Å². The fourth-order valence-electron chi connectivity index (χ4n) is 3.73. The summed E-state index contributed by atoms with van der Waals surface area (Å²) in [6.07, 6.45) is 13.2. The monoisotopic (exact) mass is 380 g/mol. The van der Waals surface area contributed by atoms with Crippen molar-refractivity contribution in [2.24, 2.45) is 0 Å². The predicted molar refractivity (Wildman–Crippen MR) is 112 cm³/mol. The first-order valence-electron chi connectivity index (χ1n) is 9.32. The van der Waals surface area contributed by atoms with Crippen molar-refractivity contribution in [2.45, 2.75) is 0 Å². The Bertz CT molecular complexity index is 1400. The number of aromatic amines is 2. The number of furan rings is 1. The van der Waals surface area contributed by atoms with Gasteiger partial charge in [-0.2, -0.15) is 5.10 Å². The smallest absolute Gasteiger partial charge is 0.181 e. The van der Waals surface area contributed by atoms with E-state index < -0.39 is 0 Å². The number of hydrogen-bond acceptors (Lipinski definition) is 5. The van der Waals surface area contributed by atoms with Crippen molar-refractivity contribution >= 4 is 27.5 Å². The minimum atomic E-state index is 0.684. The van der Waals surface area contributed by atoms with Crippen LogP contribution in [0.15, 0.2) is 72.0 Å². The Balaban J connectivity index is 1.51. The van der Waals surface area contributed by atoms with Crippen molar-refractivity contribution in [2.75, 3.05) is 6.54 Å². The van der Waals surface area contributed by atoms with E-state index in [1.54, 1.807) is 18.7 Å². The van der Waals surface area contributed by atoms with Crippen LogP contribution in [0.3, 0.4) is 0 Å². The molecule has 0 unspecified atom stereocenters. The molecule has 0 aromatic carbocycles. The Kier molecular flexibility index (Phi) is 3.40. The summed E-state index contributed by atoms with van der Waals surface area (Å²) in [5.41, 5.74) is 7.49. The fraction of sp³-hybridized carbons (Fsp3) is 0.0455. The summed E-state index contributed by atoms with van der Waals surface area (Å²) in [7, 11) is 0. The van der Waals surface area contributed by atoms with Gasteiger partial charge in [0.2, 0.25) is 0 Å². The van der Waals surface area contributed by atoms with E-state index in [1.807, 2.05) is 24.5 Å². The second-order valence-corrected chi connectivity index (χ2v) is 6.92. The van der Waals surface area contributed by atoms with Crippen molar-refractivity contribution in [3.8, 4) is 22.6 Å². The van der Waals surface area contributed by atoms with E-state index in [1.165, 1.54) is 0 Å². The molecule has 5 aromatic rings. The first kappa shape index (κ1) is 15.9. The molecule has 7 nitrogen and oxygen atoms in total. The molecule has 0 spiro atoms. The molecule has 0 bridgehead atoms. The maximum atomic E-state index is 5.23. The van der Waals surface area contributed by atoms with E-state index in [2.05, 4.69) is 54.8 Å². The van der Waals surface area contributed by atoms with Crippen molar-refractivity contribution in [1.82, 2.24) is 30.5 Å². The molecule has 140 valence electrons. The highest BCUT2D eigenvalue weighted by Gasteiger charge is 2.15. The lowest BCUT2D eigenvalue weighted by Gasteiger charge is -2.08. The Morgan fingerprint density at radius 1 is 1.03 bits per heavy atom. The maximum Gasteiger partial charge on any atom is 0.181 e. The van der Waals surface area contributed by atoms with Gasteiger partial charge < -0.3 is 14.7 Å². The molecule has 5 aromatic heterocycles. The molecule has 29 heavy (non-hydrogen) atoms. The summed E-state index contributed by atoms with van der Waals surface area (Å²) in [6.45, 7) is 0.845. The summed E-state index contributed by atoms with van der Waals surface area (Å²) in [4.78, 5) is 12.6. The lowest BCUT2D eigenvalue weighted by atomic mass is 10.0. The van der Waals surface area contributed by atoms with Crippen LogP contribution in [0.5, 0.6) is 0 Å². The zero-order valence-electron chi connectivity index (χ0n) is 15.3. The minimum Gasteiger partial charge on any atom is -0.472 e. The molecular weight excluding hydrogens is 364 g/mol. The third-order valence-corrected chi connectivity index (χ3v) is 5.15. The maximum absolute atomic E-state index is 5.23. The second kappa shape index (κ2) is 6.20. The average molecular weight is 380 g/mol. The standard InChI is InChI=1S/C22H16N6O/c1-2-13(10-23-5-1)15-8-17-21(27-28-22(17)25-11-15)19-9-16-18(26-19)3-6-24-20(16)14-4-7-29-12-14/h1-4,6-12,23,26H,5H2,(H,25,27,28). The number of fused-ring (bicyclic) bond motifs is 2. The van der Waals surface area contributed by atoms with Gasteiger partial charge in [0.05, 0.1) is 29.6 Å². The van der Waals surface area contributed by atoms with Gasteiger partial charge in [-0.05, 0) is 29.8 Å². The number of pyridine rings is 2. The molecule has 0 saturated carbocycles. The molecule has 0 amide bonds. The number of hydrogen-bond donors (Lipinski definition) is 3. The van der Waals surface area contributed by atoms with Crippen LogP contribution < -0.4 is 5.32 Å². The number of H-pyrrole nitrogens is 2. The summed E-state index contributed by atoms with van der Waals surface area (Å²) >= 11 is 0. The van der Waals surface area contributed by atoms with Gasteiger partial charge in [0.1, 0.15) is 0 Å². The first-order valence-corrected chi connectivity index (χ1v) is 9.32. The normalized spacial score (nSPS) is 13.7. The van der Waals surface area contributed by atoms with Gasteiger partial charge >= 0.3 is 0 Å². The quantitative estimate of drug-likeness (QED) is 0.435. The molecule has 6 heterocycles. The average Bonchev–Trinajstić information content (AvgIpc) is 3.52. The van der Waals surface area contributed by atoms with Crippen LogP contribution in [0.25, 0.3) is 50.2 Å². The lowest BCUT2D eigenvalue weighted by Crippen LogP contribution is -2.08. The van der Waals surface area contributed by atoms with Gasteiger partial charge in [-0.3, -0.25) is 10.1 Å². The van der Waals surface area contributed by atoms with Gasteiger partial charge in [-0.15, -0.1) is 0 Å². The van der Waals surface area contributed by atoms with Crippen molar-refractivity contribution in [3.05, 3.63) is 73.1 Å². The van der Waals surface area contributed by atoms with Gasteiger partial charge in [0, 0.05) is 52.6 Å². The summed E-state index contributed by atoms with van der Waals surface area (Å²) in [5.74, 6) is 0. The van der Waals surface area contributed by atoms with E-state index in [-0.39, 0.29) is 0 Å². The van der Waals surface area contributed by atoms with E-state index >= 15 is 0 Å². The Morgan fingerprint density at radius 2 is 2.03 bits per heavy atom. The molecule has 6 rings (SSSR count). The van der Waals surface area contributed by atoms with Crippen LogP contribution in [0, 0.1) is 0 Å². The number of nitrogens with one attached hydrogen (secondary N) is 3. The molecule has 7 heteroatoms. The van der Waals surface area contributed by atoms with Gasteiger partial charge in [0.15, 0.2) is 5.65 Å². The third kappa shape index (κ3) is 2.55. The van der Waals surface area contributed by atoms with E-state index in [9.17, 15) is 0 Å². The molecule has 1 aliphatic rings. The predicted octanol–water partition coefficient (Wildman–Crippen LogP) is 4.26. The number of dihydropyridines is 1. The van der Waals surface area contributed by atoms with Gasteiger partial charge in [-0.25, -0.2) is 4.98 Å². The zero-order chi connectivity index (χ0) is 19.2. The van der Waals surface area contributed by atoms with Crippen molar-refractivity contribution in [1.29, 1.82) is 0 Å². The Morgan fingerprint density at radius 3 is 2.90 bits per heavy atom. The number of aromatic nitrogens is 5. The van der Waals surface area contributed by atoms with Crippen LogP contribution in [0.4, 0.5) is 0 Å². The third-order valence-electron chi connectivity index (χ3n) is 5.15. The molecule has 3 N–H and O–H groups in total. The fourth-order valence-corrected chi connectivity index (χ4v) is 3.73. The molecule has 0 radical (unpaired) electrons. The molecule has 1 aliphatic heterocycles. The summed E-state index contributed by atoms with van der Waals surface area (Å²) in [5, 5.41) is 12.8. The van der Waals surface area contributed by atoms with Crippen molar-refractivity contribution < 1.29 is 4.42 Å². The van der Waals surface area contributed by atoms with Crippen LogP contribution in [-0.2, 0) is 0 Å². The zero-order valence-corrected chi connectivity index (χ0v) is 15.3. The number of rotatable bonds is 3. The molecule has 0 saturated heterocycles. The van der Waals surface area contributed by atoms with E-state index in [0.29, 0.717) is 5.65 Å². The lowest BCUT2D eigenvalue weighted by molar-refractivity contribution is 0.568. The van der Waals surface area contributed by atoms with Crippen molar-refractivity contribution in [3.63, 3.8) is 0 Å². The minimum absolute atomic E-state index is 0.684.